The molecule has 3 aliphatic rings. The first-order valence-electron chi connectivity index (χ1n) is 11.1. The highest BCUT2D eigenvalue weighted by Crippen LogP contribution is 2.39. The van der Waals surface area contributed by atoms with Crippen LogP contribution >= 0.6 is 11.6 Å². The molecule has 1 saturated carbocycles. The summed E-state index contributed by atoms with van der Waals surface area (Å²) in [7, 11) is 0. The van der Waals surface area contributed by atoms with E-state index in [0.717, 1.165) is 62.3 Å². The molecule has 0 N–H and O–H groups in total. The number of carbonyl (C=O) groups excluding carboxylic acids is 2. The highest BCUT2D eigenvalue weighted by molar-refractivity contribution is 6.33. The number of hydrogen-bond donors (Lipinski definition) is 0. The van der Waals surface area contributed by atoms with Gasteiger partial charge in [0, 0.05) is 37.3 Å². The second kappa shape index (κ2) is 8.03. The van der Waals surface area contributed by atoms with Crippen molar-refractivity contribution < 1.29 is 14.3 Å². The van der Waals surface area contributed by atoms with E-state index in [-0.39, 0.29) is 29.6 Å². The van der Waals surface area contributed by atoms with Crippen LogP contribution in [0.3, 0.4) is 0 Å². The van der Waals surface area contributed by atoms with Crippen molar-refractivity contribution in [3.8, 4) is 0 Å². The predicted octanol–water partition coefficient (Wildman–Crippen LogP) is 3.83. The van der Waals surface area contributed by atoms with Gasteiger partial charge in [0.25, 0.3) is 0 Å². The van der Waals surface area contributed by atoms with Gasteiger partial charge in [-0.25, -0.2) is 0 Å². The summed E-state index contributed by atoms with van der Waals surface area (Å²) < 4.78 is 5.63. The molecule has 2 atom stereocenters. The number of hydrogen-bond acceptors (Lipinski definition) is 5. The molecule has 30 heavy (non-hydrogen) atoms. The molecule has 1 aliphatic carbocycles. The number of amides is 1. The van der Waals surface area contributed by atoms with Crippen molar-refractivity contribution in [1.29, 1.82) is 0 Å². The van der Waals surface area contributed by atoms with Crippen LogP contribution in [0.2, 0.25) is 5.02 Å². The van der Waals surface area contributed by atoms with Gasteiger partial charge in [-0.15, -0.1) is 0 Å². The second-order valence-electron chi connectivity index (χ2n) is 10.0. The fourth-order valence-electron chi connectivity index (χ4n) is 4.65. The molecule has 2 fully saturated rings. The zero-order valence-corrected chi connectivity index (χ0v) is 19.2. The van der Waals surface area contributed by atoms with Gasteiger partial charge in [-0.1, -0.05) is 18.5 Å². The number of rotatable bonds is 3. The monoisotopic (exact) mass is 433 g/mol. The Kier molecular flexibility index (Phi) is 5.73. The summed E-state index contributed by atoms with van der Waals surface area (Å²) in [6, 6.07) is 0. The Hall–Kier alpha value is -1.82. The molecule has 4 rings (SSSR count). The first-order chi connectivity index (χ1) is 14.1. The number of esters is 1. The molecule has 6 nitrogen and oxygen atoms in total. The lowest BCUT2D eigenvalue weighted by molar-refractivity contribution is -0.162. The molecule has 0 aromatic carbocycles. The minimum Gasteiger partial charge on any atom is -0.460 e. The van der Waals surface area contributed by atoms with Gasteiger partial charge in [-0.2, -0.15) is 0 Å². The standard InChI is InChI=1S/C23H32ClN3O3/c1-14-12-26(9-7-16(14)22(29)30-23(2,3)4)20-17-8-10-27(21(28)15-5-6-15)13-19(17)25-11-18(20)24/h11,14-16H,5-10,12-13H2,1-4H3/t14-,16+/m1/s1. The highest BCUT2D eigenvalue weighted by Gasteiger charge is 2.38. The second-order valence-corrected chi connectivity index (χ2v) is 10.4. The van der Waals surface area contributed by atoms with Crippen LogP contribution in [0.15, 0.2) is 6.20 Å². The minimum atomic E-state index is -0.467. The van der Waals surface area contributed by atoms with Crippen molar-refractivity contribution in [3.05, 3.63) is 22.5 Å². The van der Waals surface area contributed by atoms with Crippen molar-refractivity contribution in [2.75, 3.05) is 24.5 Å². The summed E-state index contributed by atoms with van der Waals surface area (Å²) >= 11 is 6.61. The molecule has 164 valence electrons. The Morgan fingerprint density at radius 1 is 1.20 bits per heavy atom. The van der Waals surface area contributed by atoms with Crippen LogP contribution in [0.25, 0.3) is 0 Å². The van der Waals surface area contributed by atoms with Crippen LogP contribution in [0.4, 0.5) is 5.69 Å². The minimum absolute atomic E-state index is 0.0939. The number of aromatic nitrogens is 1. The maximum Gasteiger partial charge on any atom is 0.309 e. The molecule has 1 amide bonds. The van der Waals surface area contributed by atoms with Gasteiger partial charge in [0.2, 0.25) is 5.91 Å². The van der Waals surface area contributed by atoms with Crippen molar-refractivity contribution in [1.82, 2.24) is 9.88 Å². The summed E-state index contributed by atoms with van der Waals surface area (Å²) in [4.78, 5) is 33.9. The molecule has 1 saturated heterocycles. The van der Waals surface area contributed by atoms with Crippen LogP contribution in [-0.4, -0.2) is 47.0 Å². The maximum atomic E-state index is 12.6. The van der Waals surface area contributed by atoms with Crippen LogP contribution < -0.4 is 4.90 Å². The molecular weight excluding hydrogens is 402 g/mol. The average Bonchev–Trinajstić information content (AvgIpc) is 3.50. The lowest BCUT2D eigenvalue weighted by atomic mass is 9.86. The summed E-state index contributed by atoms with van der Waals surface area (Å²) in [6.07, 6.45) is 5.27. The van der Waals surface area contributed by atoms with Gasteiger partial charge >= 0.3 is 5.97 Å². The van der Waals surface area contributed by atoms with E-state index in [1.807, 2.05) is 25.7 Å². The number of anilines is 1. The Labute approximate surface area is 183 Å². The summed E-state index contributed by atoms with van der Waals surface area (Å²) in [5, 5.41) is 0.652. The van der Waals surface area contributed by atoms with E-state index in [2.05, 4.69) is 16.8 Å². The zero-order chi connectivity index (χ0) is 21.6. The van der Waals surface area contributed by atoms with Crippen molar-refractivity contribution in [2.45, 2.75) is 65.5 Å². The number of ether oxygens (including phenoxy) is 1. The summed E-state index contributed by atoms with van der Waals surface area (Å²) in [5.74, 6) is 0.470. The van der Waals surface area contributed by atoms with Crippen LogP contribution in [0.5, 0.6) is 0 Å². The molecular formula is C23H32ClN3O3. The van der Waals surface area contributed by atoms with Gasteiger partial charge in [-0.3, -0.25) is 14.6 Å². The first-order valence-corrected chi connectivity index (χ1v) is 11.4. The van der Waals surface area contributed by atoms with Gasteiger partial charge in [0.1, 0.15) is 5.60 Å². The molecule has 0 unspecified atom stereocenters. The molecule has 7 heteroatoms. The van der Waals surface area contributed by atoms with Gasteiger partial charge in [0.15, 0.2) is 0 Å². The number of pyridine rings is 1. The third-order valence-corrected chi connectivity index (χ3v) is 6.61. The normalized spacial score (nSPS) is 24.4. The van der Waals surface area contributed by atoms with Crippen molar-refractivity contribution in [3.63, 3.8) is 0 Å². The van der Waals surface area contributed by atoms with E-state index < -0.39 is 5.60 Å². The van der Waals surface area contributed by atoms with Crippen LogP contribution in [0.1, 0.15) is 58.2 Å². The topological polar surface area (TPSA) is 62.7 Å². The Morgan fingerprint density at radius 3 is 2.57 bits per heavy atom. The van der Waals surface area contributed by atoms with Gasteiger partial charge < -0.3 is 14.5 Å². The smallest absolute Gasteiger partial charge is 0.309 e. The Balaban J connectivity index is 1.49. The van der Waals surface area contributed by atoms with E-state index in [9.17, 15) is 9.59 Å². The summed E-state index contributed by atoms with van der Waals surface area (Å²) in [6.45, 7) is 10.6. The fourth-order valence-corrected chi connectivity index (χ4v) is 4.94. The van der Waals surface area contributed by atoms with Crippen LogP contribution in [-0.2, 0) is 27.3 Å². The van der Waals surface area contributed by atoms with E-state index >= 15 is 0 Å². The molecule has 2 aliphatic heterocycles. The number of piperidine rings is 1. The molecule has 1 aromatic heterocycles. The lowest BCUT2D eigenvalue weighted by Crippen LogP contribution is -2.45. The van der Waals surface area contributed by atoms with Crippen molar-refractivity contribution in [2.24, 2.45) is 17.8 Å². The molecule has 0 spiro atoms. The van der Waals surface area contributed by atoms with Gasteiger partial charge in [0.05, 0.1) is 28.9 Å². The highest BCUT2D eigenvalue weighted by atomic mass is 35.5. The fraction of sp³-hybridized carbons (Fsp3) is 0.696. The van der Waals surface area contributed by atoms with Gasteiger partial charge in [-0.05, 0) is 52.4 Å². The lowest BCUT2D eigenvalue weighted by Gasteiger charge is -2.40. The average molecular weight is 434 g/mol. The van der Waals surface area contributed by atoms with Crippen LogP contribution in [0, 0.1) is 17.8 Å². The molecule has 1 aromatic rings. The zero-order valence-electron chi connectivity index (χ0n) is 18.4. The molecule has 0 radical (unpaired) electrons. The van der Waals surface area contributed by atoms with Crippen molar-refractivity contribution >= 4 is 29.2 Å². The Morgan fingerprint density at radius 2 is 1.93 bits per heavy atom. The number of halogens is 1. The third-order valence-electron chi connectivity index (χ3n) is 6.34. The molecule has 3 heterocycles. The molecule has 0 bridgehead atoms. The Bertz CT molecular complexity index is 847. The SMILES string of the molecule is C[C@@H]1CN(c2c(Cl)cnc3c2CCN(C(=O)C2CC2)C3)CC[C@@H]1C(=O)OC(C)(C)C. The van der Waals surface area contributed by atoms with E-state index in [1.165, 1.54) is 0 Å². The number of carbonyl (C=O) groups is 2. The van der Waals surface area contributed by atoms with E-state index in [1.54, 1.807) is 6.20 Å². The van der Waals surface area contributed by atoms with E-state index in [0.29, 0.717) is 11.6 Å². The largest absolute Gasteiger partial charge is 0.460 e. The summed E-state index contributed by atoms with van der Waals surface area (Å²) in [5.41, 5.74) is 2.68. The number of nitrogens with zero attached hydrogens (tertiary/aromatic N) is 3. The first kappa shape index (κ1) is 21.4. The van der Waals surface area contributed by atoms with E-state index in [4.69, 9.17) is 16.3 Å². The maximum absolute atomic E-state index is 12.6. The third kappa shape index (κ3) is 4.43. The quantitative estimate of drug-likeness (QED) is 0.678. The predicted molar refractivity (Wildman–Crippen MR) is 116 cm³/mol. The number of fused-ring (bicyclic) bond motifs is 1.